The Morgan fingerprint density at radius 3 is 2.16 bits per heavy atom. The fourth-order valence-corrected chi connectivity index (χ4v) is 15.7. The van der Waals surface area contributed by atoms with E-state index in [0.29, 0.717) is 59.5 Å². The fraction of sp³-hybridized carbons (Fsp3) is 0.884. The molecule has 5 saturated carbocycles. The summed E-state index contributed by atoms with van der Waals surface area (Å²) in [4.78, 5) is 18.0. The van der Waals surface area contributed by atoms with Gasteiger partial charge in [-0.15, -0.1) is 10.2 Å². The maximum atomic E-state index is 15.5. The van der Waals surface area contributed by atoms with Gasteiger partial charge in [-0.05, 0) is 155 Å². The monoisotopic (exact) mass is 673 g/mol. The standard InChI is InChI=1S/C43H68N4O2/c1-25(2)31-15-20-43(38(49)47-28-11-12-29(47)24-30(23-28)46-27(5)44-45-37(46)26(3)4)22-21-41(9)32(36(31)43)13-14-34-40(8)18-17-35(48)39(6,7)33(40)16-19-42(34,41)10/h26,28-36,48H,1,11-24H2,2-10H3. The van der Waals surface area contributed by atoms with Crippen LogP contribution in [0, 0.1) is 63.6 Å². The van der Waals surface area contributed by atoms with Crippen molar-refractivity contribution in [3.63, 3.8) is 0 Å². The zero-order valence-corrected chi connectivity index (χ0v) is 32.5. The van der Waals surface area contributed by atoms with Gasteiger partial charge in [0.15, 0.2) is 0 Å². The topological polar surface area (TPSA) is 71.2 Å². The number of aliphatic hydroxyl groups excluding tert-OH is 1. The molecule has 2 aliphatic heterocycles. The molecule has 12 unspecified atom stereocenters. The molecular formula is C43H68N4O2. The van der Waals surface area contributed by atoms with E-state index in [4.69, 9.17) is 0 Å². The van der Waals surface area contributed by atoms with Crippen LogP contribution in [0.25, 0.3) is 0 Å². The van der Waals surface area contributed by atoms with Crippen molar-refractivity contribution in [2.24, 2.45) is 56.7 Å². The highest BCUT2D eigenvalue weighted by molar-refractivity contribution is 5.85. The van der Waals surface area contributed by atoms with Gasteiger partial charge in [-0.2, -0.15) is 0 Å². The molecule has 7 fully saturated rings. The van der Waals surface area contributed by atoms with Gasteiger partial charge < -0.3 is 14.6 Å². The second-order valence-corrected chi connectivity index (χ2v) is 20.6. The van der Waals surface area contributed by atoms with E-state index in [1.165, 1.54) is 37.7 Å². The summed E-state index contributed by atoms with van der Waals surface area (Å²) in [6, 6.07) is 1.05. The van der Waals surface area contributed by atoms with E-state index in [0.717, 1.165) is 69.4 Å². The molecule has 272 valence electrons. The van der Waals surface area contributed by atoms with Crippen molar-refractivity contribution in [2.45, 2.75) is 182 Å². The molecule has 1 N–H and O–H groups in total. The minimum absolute atomic E-state index is 0.0209. The Morgan fingerprint density at radius 2 is 1.51 bits per heavy atom. The molecule has 0 spiro atoms. The minimum atomic E-state index is -0.238. The third-order valence-electron chi connectivity index (χ3n) is 18.2. The van der Waals surface area contributed by atoms with Gasteiger partial charge in [-0.3, -0.25) is 4.79 Å². The third kappa shape index (κ3) is 4.43. The van der Waals surface area contributed by atoms with Crippen molar-refractivity contribution in [3.05, 3.63) is 23.8 Å². The lowest BCUT2D eigenvalue weighted by Gasteiger charge is -2.73. The fourth-order valence-electron chi connectivity index (χ4n) is 15.7. The Hall–Kier alpha value is -1.69. The third-order valence-corrected chi connectivity index (χ3v) is 18.2. The van der Waals surface area contributed by atoms with Gasteiger partial charge >= 0.3 is 0 Å². The van der Waals surface area contributed by atoms with Crippen LogP contribution in [0.5, 0.6) is 0 Å². The molecular weight excluding hydrogens is 604 g/mol. The van der Waals surface area contributed by atoms with Crippen molar-refractivity contribution < 1.29 is 9.90 Å². The summed E-state index contributed by atoms with van der Waals surface area (Å²) < 4.78 is 2.43. The van der Waals surface area contributed by atoms with E-state index in [1.54, 1.807) is 0 Å². The Balaban J connectivity index is 1.11. The number of hydrogen-bond donors (Lipinski definition) is 1. The number of aromatic nitrogens is 3. The lowest BCUT2D eigenvalue weighted by Crippen LogP contribution is -2.67. The van der Waals surface area contributed by atoms with Crippen LogP contribution in [0.1, 0.15) is 169 Å². The van der Waals surface area contributed by atoms with Gasteiger partial charge in [0, 0.05) is 24.0 Å². The maximum absolute atomic E-state index is 15.5. The van der Waals surface area contributed by atoms with Crippen LogP contribution in [-0.2, 0) is 4.79 Å². The molecule has 2 saturated heterocycles. The van der Waals surface area contributed by atoms with Gasteiger partial charge in [-0.25, -0.2) is 0 Å². The van der Waals surface area contributed by atoms with E-state index >= 15 is 4.79 Å². The Morgan fingerprint density at radius 1 is 0.816 bits per heavy atom. The van der Waals surface area contributed by atoms with Crippen LogP contribution >= 0.6 is 0 Å². The molecule has 1 aromatic heterocycles. The lowest BCUT2D eigenvalue weighted by molar-refractivity contribution is -0.247. The highest BCUT2D eigenvalue weighted by atomic mass is 16.3. The number of hydrogen-bond acceptors (Lipinski definition) is 4. The number of aryl methyl sites for hydroxylation is 1. The number of amides is 1. The van der Waals surface area contributed by atoms with Crippen molar-refractivity contribution in [3.8, 4) is 0 Å². The lowest BCUT2D eigenvalue weighted by atomic mass is 9.32. The Bertz CT molecular complexity index is 1500. The summed E-state index contributed by atoms with van der Waals surface area (Å²) in [5.41, 5.74) is 1.83. The molecule has 8 rings (SSSR count). The first kappa shape index (κ1) is 34.4. The summed E-state index contributed by atoms with van der Waals surface area (Å²) in [6.07, 6.45) is 15.7. The first-order chi connectivity index (χ1) is 23.0. The molecule has 0 radical (unpaired) electrons. The van der Waals surface area contributed by atoms with Crippen molar-refractivity contribution >= 4 is 5.91 Å². The van der Waals surface area contributed by atoms with E-state index in [2.05, 4.69) is 88.6 Å². The summed E-state index contributed by atoms with van der Waals surface area (Å²) in [6.45, 7) is 26.2. The summed E-state index contributed by atoms with van der Waals surface area (Å²) in [7, 11) is 0. The van der Waals surface area contributed by atoms with Crippen LogP contribution in [-0.4, -0.2) is 48.9 Å². The SMILES string of the molecule is C=C(C)C1CCC2(C(=O)N3C4CCC3CC(n3c(C)nnc3C(C)C)C4)CCC3(C)C(CCC4C5(C)CCC(O)C(C)(C)C5CCC43C)C12. The van der Waals surface area contributed by atoms with Crippen molar-refractivity contribution in [1.29, 1.82) is 0 Å². The molecule has 5 aliphatic carbocycles. The molecule has 12 atom stereocenters. The van der Waals surface area contributed by atoms with Crippen LogP contribution in [0.3, 0.4) is 0 Å². The van der Waals surface area contributed by atoms with Gasteiger partial charge in [0.25, 0.3) is 0 Å². The average Bonchev–Trinajstić information content (AvgIpc) is 3.71. The van der Waals surface area contributed by atoms with E-state index < -0.39 is 0 Å². The molecule has 49 heavy (non-hydrogen) atoms. The second-order valence-electron chi connectivity index (χ2n) is 20.6. The van der Waals surface area contributed by atoms with E-state index in [9.17, 15) is 5.11 Å². The molecule has 0 aromatic carbocycles. The van der Waals surface area contributed by atoms with Gasteiger partial charge in [0.05, 0.1) is 11.5 Å². The molecule has 6 heteroatoms. The number of piperidine rings is 1. The largest absolute Gasteiger partial charge is 0.393 e. The van der Waals surface area contributed by atoms with E-state index in [-0.39, 0.29) is 33.2 Å². The first-order valence-corrected chi connectivity index (χ1v) is 20.6. The number of fused-ring (bicyclic) bond motifs is 9. The summed E-state index contributed by atoms with van der Waals surface area (Å²) in [5.74, 6) is 5.71. The summed E-state index contributed by atoms with van der Waals surface area (Å²) in [5, 5.41) is 20.3. The van der Waals surface area contributed by atoms with E-state index in [1.807, 2.05) is 0 Å². The molecule has 3 heterocycles. The van der Waals surface area contributed by atoms with Gasteiger partial charge in [0.1, 0.15) is 11.6 Å². The van der Waals surface area contributed by atoms with Crippen LogP contribution in [0.2, 0.25) is 0 Å². The van der Waals surface area contributed by atoms with Crippen molar-refractivity contribution in [2.75, 3.05) is 0 Å². The molecule has 2 bridgehead atoms. The molecule has 7 aliphatic rings. The second kappa shape index (κ2) is 11.2. The first-order valence-electron chi connectivity index (χ1n) is 20.6. The Kier molecular flexibility index (Phi) is 7.83. The molecule has 1 aromatic rings. The highest BCUT2D eigenvalue weighted by Crippen LogP contribution is 2.77. The number of rotatable bonds is 4. The maximum Gasteiger partial charge on any atom is 0.229 e. The Labute approximate surface area is 297 Å². The number of aliphatic hydroxyl groups is 1. The predicted octanol–water partition coefficient (Wildman–Crippen LogP) is 9.42. The minimum Gasteiger partial charge on any atom is -0.393 e. The zero-order valence-electron chi connectivity index (χ0n) is 32.5. The normalized spacial score (nSPS) is 48.5. The molecule has 6 nitrogen and oxygen atoms in total. The number of carbonyl (C=O) groups is 1. The van der Waals surface area contributed by atoms with Gasteiger partial charge in [0.2, 0.25) is 5.91 Å². The summed E-state index contributed by atoms with van der Waals surface area (Å²) >= 11 is 0. The number of nitrogens with zero attached hydrogens (tertiary/aromatic N) is 4. The van der Waals surface area contributed by atoms with Crippen LogP contribution in [0.4, 0.5) is 0 Å². The molecule has 1 amide bonds. The van der Waals surface area contributed by atoms with Crippen LogP contribution < -0.4 is 0 Å². The van der Waals surface area contributed by atoms with Crippen LogP contribution in [0.15, 0.2) is 12.2 Å². The number of allylic oxidation sites excluding steroid dienone is 1. The van der Waals surface area contributed by atoms with Crippen molar-refractivity contribution in [1.82, 2.24) is 19.7 Å². The zero-order chi connectivity index (χ0) is 35.1. The average molecular weight is 673 g/mol. The predicted molar refractivity (Wildman–Crippen MR) is 196 cm³/mol. The smallest absolute Gasteiger partial charge is 0.229 e. The highest BCUT2D eigenvalue weighted by Gasteiger charge is 2.72. The quantitative estimate of drug-likeness (QED) is 0.324. The van der Waals surface area contributed by atoms with Gasteiger partial charge in [-0.1, -0.05) is 60.6 Å². The number of carbonyl (C=O) groups excluding carboxylic acids is 1.